The molecule has 0 radical (unpaired) electrons. The lowest BCUT2D eigenvalue weighted by molar-refractivity contribution is -0.131. The topological polar surface area (TPSA) is 49.4 Å². The van der Waals surface area contributed by atoms with Crippen LogP contribution in [-0.2, 0) is 10.2 Å². The summed E-state index contributed by atoms with van der Waals surface area (Å²) in [5, 5.41) is 0.843. The third-order valence-electron chi connectivity index (χ3n) is 4.71. The van der Waals surface area contributed by atoms with Gasteiger partial charge in [0.15, 0.2) is 0 Å². The van der Waals surface area contributed by atoms with Crippen molar-refractivity contribution in [3.63, 3.8) is 0 Å². The predicted molar refractivity (Wildman–Crippen MR) is 108 cm³/mol. The lowest BCUT2D eigenvalue weighted by atomic mass is 9.75. The second kappa shape index (κ2) is 7.29. The van der Waals surface area contributed by atoms with Crippen molar-refractivity contribution in [1.29, 1.82) is 0 Å². The predicted octanol–water partition coefficient (Wildman–Crippen LogP) is 4.70. The van der Waals surface area contributed by atoms with E-state index in [1.807, 2.05) is 91.0 Å². The summed E-state index contributed by atoms with van der Waals surface area (Å²) < 4.78 is 0. The molecule has 2 amide bonds. The minimum Gasteiger partial charge on any atom is -0.288 e. The van der Waals surface area contributed by atoms with Crippen LogP contribution >= 0.6 is 11.8 Å². The third kappa shape index (κ3) is 3.11. The number of amides is 2. The largest absolute Gasteiger partial charge is 0.307 e. The van der Waals surface area contributed by atoms with Crippen LogP contribution in [0.2, 0.25) is 0 Å². The molecule has 0 bridgehead atoms. The number of carbonyl (C=O) groups is 2. The number of imide groups is 1. The van der Waals surface area contributed by atoms with Gasteiger partial charge in [-0.15, -0.1) is 0 Å². The van der Waals surface area contributed by atoms with E-state index in [2.05, 4.69) is 5.43 Å². The van der Waals surface area contributed by atoms with Gasteiger partial charge < -0.3 is 0 Å². The number of nitrogens with one attached hydrogen (secondary N) is 1. The highest BCUT2D eigenvalue weighted by Gasteiger charge is 2.50. The van der Waals surface area contributed by atoms with Crippen molar-refractivity contribution in [2.24, 2.45) is 0 Å². The van der Waals surface area contributed by atoms with E-state index in [0.717, 1.165) is 27.9 Å². The van der Waals surface area contributed by atoms with Gasteiger partial charge in [0.1, 0.15) is 5.41 Å². The van der Waals surface area contributed by atoms with Gasteiger partial charge in [-0.25, -0.2) is 0 Å². The zero-order chi connectivity index (χ0) is 18.7. The molecule has 4 nitrogen and oxygen atoms in total. The van der Waals surface area contributed by atoms with Gasteiger partial charge in [0.25, 0.3) is 5.91 Å². The van der Waals surface area contributed by atoms with Crippen molar-refractivity contribution in [2.75, 3.05) is 11.2 Å². The van der Waals surface area contributed by atoms with E-state index < -0.39 is 5.41 Å². The molecule has 1 aliphatic heterocycles. The average Bonchev–Trinajstić information content (AvgIpc) is 2.74. The Balaban J connectivity index is 1.81. The fourth-order valence-electron chi connectivity index (χ4n) is 3.33. The first-order valence-electron chi connectivity index (χ1n) is 8.66. The molecule has 0 unspecified atom stereocenters. The third-order valence-corrected chi connectivity index (χ3v) is 5.72. The molecular formula is C22H18N2O2S. The Morgan fingerprint density at radius 2 is 1.22 bits per heavy atom. The summed E-state index contributed by atoms with van der Waals surface area (Å²) in [6.07, 6.45) is 0. The Morgan fingerprint density at radius 1 is 0.741 bits per heavy atom. The second-order valence-corrected chi connectivity index (χ2v) is 7.24. The van der Waals surface area contributed by atoms with Crippen LogP contribution in [0.25, 0.3) is 0 Å². The molecule has 3 aromatic rings. The van der Waals surface area contributed by atoms with E-state index in [4.69, 9.17) is 0 Å². The van der Waals surface area contributed by atoms with Crippen LogP contribution in [-0.4, -0.2) is 21.9 Å². The molecule has 4 rings (SSSR count). The van der Waals surface area contributed by atoms with Crippen molar-refractivity contribution in [1.82, 2.24) is 5.01 Å². The van der Waals surface area contributed by atoms with E-state index in [1.165, 1.54) is 0 Å². The van der Waals surface area contributed by atoms with Crippen molar-refractivity contribution >= 4 is 28.6 Å². The van der Waals surface area contributed by atoms with Gasteiger partial charge in [0.2, 0.25) is 0 Å². The van der Waals surface area contributed by atoms with Gasteiger partial charge in [-0.2, -0.15) is 5.01 Å². The molecule has 0 atom stereocenters. The lowest BCUT2D eigenvalue weighted by Crippen LogP contribution is -2.56. The normalized spacial score (nSPS) is 16.2. The number of para-hydroxylation sites is 1. The Morgan fingerprint density at radius 3 is 1.74 bits per heavy atom. The van der Waals surface area contributed by atoms with E-state index in [-0.39, 0.29) is 11.1 Å². The number of hydrogen-bond acceptors (Lipinski definition) is 4. The first-order valence-corrected chi connectivity index (χ1v) is 9.64. The van der Waals surface area contributed by atoms with E-state index >= 15 is 0 Å². The van der Waals surface area contributed by atoms with Crippen LogP contribution < -0.4 is 5.43 Å². The molecular weight excluding hydrogens is 356 g/mol. The maximum absolute atomic E-state index is 13.7. The molecule has 0 aliphatic carbocycles. The van der Waals surface area contributed by atoms with Gasteiger partial charge in [-0.05, 0) is 23.3 Å². The van der Waals surface area contributed by atoms with E-state index in [0.29, 0.717) is 11.4 Å². The smallest absolute Gasteiger partial charge is 0.288 e. The van der Waals surface area contributed by atoms with Crippen molar-refractivity contribution in [2.45, 2.75) is 5.41 Å². The number of benzene rings is 3. The number of hydrogen-bond donors (Lipinski definition) is 1. The maximum Gasteiger partial charge on any atom is 0.307 e. The number of anilines is 1. The number of carbonyl (C=O) groups excluding carboxylic acids is 2. The molecule has 1 N–H and O–H groups in total. The van der Waals surface area contributed by atoms with Crippen LogP contribution in [0.15, 0.2) is 91.0 Å². The zero-order valence-corrected chi connectivity index (χ0v) is 15.4. The summed E-state index contributed by atoms with van der Waals surface area (Å²) in [4.78, 5) is 26.3. The standard InChI is InChI=1S/C22H18N2O2S/c25-20-22(17-10-4-1-5-11-17,18-12-6-2-7-13-18)16-27-21(26)24(20)23-19-14-8-3-9-15-19/h1-15,23H,16H2. The summed E-state index contributed by atoms with van der Waals surface area (Å²) in [5.41, 5.74) is 4.50. The highest BCUT2D eigenvalue weighted by Crippen LogP contribution is 2.41. The summed E-state index contributed by atoms with van der Waals surface area (Å²) >= 11 is 1.15. The molecule has 0 aromatic heterocycles. The van der Waals surface area contributed by atoms with Crippen molar-refractivity contribution in [3.05, 3.63) is 102 Å². The van der Waals surface area contributed by atoms with E-state index in [9.17, 15) is 9.59 Å². The Bertz CT molecular complexity index is 906. The fraction of sp³-hybridized carbons (Fsp3) is 0.0909. The van der Waals surface area contributed by atoms with Crippen LogP contribution in [0.5, 0.6) is 0 Å². The maximum atomic E-state index is 13.7. The first-order chi connectivity index (χ1) is 13.2. The molecule has 0 saturated carbocycles. The van der Waals surface area contributed by atoms with Gasteiger partial charge in [0, 0.05) is 5.75 Å². The summed E-state index contributed by atoms with van der Waals surface area (Å²) in [6, 6.07) is 28.6. The van der Waals surface area contributed by atoms with E-state index in [1.54, 1.807) is 0 Å². The van der Waals surface area contributed by atoms with Crippen LogP contribution in [0.1, 0.15) is 11.1 Å². The molecule has 1 heterocycles. The monoisotopic (exact) mass is 374 g/mol. The zero-order valence-electron chi connectivity index (χ0n) is 14.5. The summed E-state index contributed by atoms with van der Waals surface area (Å²) in [5.74, 6) is 0.0959. The molecule has 1 aliphatic rings. The first kappa shape index (κ1) is 17.4. The fourth-order valence-corrected chi connectivity index (χ4v) is 4.39. The molecule has 3 aromatic carbocycles. The SMILES string of the molecule is O=C1SCC(c2ccccc2)(c2ccccc2)C(=O)N1Nc1ccccc1. The summed E-state index contributed by atoms with van der Waals surface area (Å²) in [7, 11) is 0. The van der Waals surface area contributed by atoms with Gasteiger partial charge >= 0.3 is 5.24 Å². The number of nitrogens with zero attached hydrogens (tertiary/aromatic N) is 1. The lowest BCUT2D eigenvalue weighted by Gasteiger charge is -2.40. The van der Waals surface area contributed by atoms with Crippen LogP contribution in [0.3, 0.4) is 0 Å². The number of thioether (sulfide) groups is 1. The highest BCUT2D eigenvalue weighted by atomic mass is 32.2. The molecule has 1 fully saturated rings. The highest BCUT2D eigenvalue weighted by molar-refractivity contribution is 8.13. The second-order valence-electron chi connectivity index (χ2n) is 6.31. The van der Waals surface area contributed by atoms with Crippen molar-refractivity contribution < 1.29 is 9.59 Å². The number of rotatable bonds is 4. The molecule has 27 heavy (non-hydrogen) atoms. The molecule has 0 spiro atoms. The molecule has 134 valence electrons. The molecule has 1 saturated heterocycles. The van der Waals surface area contributed by atoms with Gasteiger partial charge in [-0.3, -0.25) is 15.0 Å². The van der Waals surface area contributed by atoms with Crippen LogP contribution in [0, 0.1) is 0 Å². The Hall–Kier alpha value is -3.05. The number of hydrazine groups is 1. The minimum absolute atomic E-state index is 0.271. The minimum atomic E-state index is -0.928. The van der Waals surface area contributed by atoms with Crippen LogP contribution in [0.4, 0.5) is 10.5 Å². The average molecular weight is 374 g/mol. The summed E-state index contributed by atoms with van der Waals surface area (Å²) in [6.45, 7) is 0. The molecule has 5 heteroatoms. The van der Waals surface area contributed by atoms with Gasteiger partial charge in [-0.1, -0.05) is 90.6 Å². The Labute approximate surface area is 162 Å². The Kier molecular flexibility index (Phi) is 4.69. The van der Waals surface area contributed by atoms with Crippen molar-refractivity contribution in [3.8, 4) is 0 Å². The quantitative estimate of drug-likeness (QED) is 0.719. The van der Waals surface area contributed by atoms with Gasteiger partial charge in [0.05, 0.1) is 5.69 Å².